The summed E-state index contributed by atoms with van der Waals surface area (Å²) in [6.45, 7) is 20.4. The van der Waals surface area contributed by atoms with Gasteiger partial charge in [-0.2, -0.15) is 0 Å². The number of hydrogen-bond acceptors (Lipinski definition) is 0. The molecule has 0 spiro atoms. The van der Waals surface area contributed by atoms with Crippen LogP contribution in [0.3, 0.4) is 0 Å². The lowest BCUT2D eigenvalue weighted by Crippen LogP contribution is -2.57. The van der Waals surface area contributed by atoms with Crippen molar-refractivity contribution >= 4 is 64.4 Å². The third kappa shape index (κ3) is 5.22. The van der Waals surface area contributed by atoms with Crippen molar-refractivity contribution in [3.8, 4) is 11.5 Å². The number of fused-ring (bicyclic) bond motifs is 4. The van der Waals surface area contributed by atoms with Crippen molar-refractivity contribution in [3.05, 3.63) is 78.4 Å². The predicted octanol–water partition coefficient (Wildman–Crippen LogP) is 13.8. The van der Waals surface area contributed by atoms with Crippen LogP contribution in [0, 0.1) is 11.5 Å². The molecular weight excluding hydrogens is 609 g/mol. The largest absolute Gasteiger partial charge is 0.147 e. The maximum atomic E-state index is 4.33. The van der Waals surface area contributed by atoms with Gasteiger partial charge in [-0.3, -0.25) is 0 Å². The van der Waals surface area contributed by atoms with Gasteiger partial charge >= 0.3 is 0 Å². The fourth-order valence-electron chi connectivity index (χ4n) is 11.6. The van der Waals surface area contributed by atoms with Crippen molar-refractivity contribution < 1.29 is 0 Å². The van der Waals surface area contributed by atoms with Crippen molar-refractivity contribution in [1.29, 1.82) is 0 Å². The summed E-state index contributed by atoms with van der Waals surface area (Å²) < 4.78 is 0. The summed E-state index contributed by atoms with van der Waals surface area (Å²) in [4.78, 5) is 0. The molecule has 48 heavy (non-hydrogen) atoms. The van der Waals surface area contributed by atoms with E-state index >= 15 is 0 Å². The Hall–Kier alpha value is -2.87. The lowest BCUT2D eigenvalue weighted by Gasteiger charge is -2.46. The first-order chi connectivity index (χ1) is 23.1. The summed E-state index contributed by atoms with van der Waals surface area (Å²) in [5.41, 5.74) is 9.88. The molecule has 0 saturated heterocycles. The average molecular weight is 667 g/mol. The Balaban J connectivity index is 1.69. The van der Waals surface area contributed by atoms with Gasteiger partial charge < -0.3 is 0 Å². The van der Waals surface area contributed by atoms with E-state index in [1.807, 2.05) is 0 Å². The van der Waals surface area contributed by atoms with Crippen LogP contribution >= 0.6 is 0 Å². The summed E-state index contributed by atoms with van der Waals surface area (Å²) in [5, 5.41) is 13.0. The maximum absolute atomic E-state index is 4.33. The van der Waals surface area contributed by atoms with E-state index in [0.29, 0.717) is 22.2 Å². The molecule has 2 heteroatoms. The third-order valence-corrected chi connectivity index (χ3v) is 27.0. The molecule has 5 aromatic carbocycles. The molecule has 0 nitrogen and oxygen atoms in total. The van der Waals surface area contributed by atoms with E-state index < -0.39 is 16.1 Å². The van der Waals surface area contributed by atoms with E-state index in [9.17, 15) is 0 Å². The van der Waals surface area contributed by atoms with Crippen LogP contribution in [-0.4, -0.2) is 16.1 Å². The van der Waals surface area contributed by atoms with E-state index in [4.69, 9.17) is 0 Å². The summed E-state index contributed by atoms with van der Waals surface area (Å²) in [7, 11) is -4.02. The van der Waals surface area contributed by atoms with Crippen LogP contribution in [0.2, 0.25) is 33.2 Å². The lowest BCUT2D eigenvalue weighted by atomic mass is 9.92. The minimum atomic E-state index is -2.08. The van der Waals surface area contributed by atoms with E-state index in [1.54, 1.807) is 5.19 Å². The zero-order valence-electron chi connectivity index (χ0n) is 31.0. The first kappa shape index (κ1) is 33.6. The van der Waals surface area contributed by atoms with Crippen LogP contribution in [0.1, 0.15) is 112 Å². The minimum absolute atomic E-state index is 0.649. The van der Waals surface area contributed by atoms with Crippen LogP contribution in [0.15, 0.2) is 72.8 Å². The zero-order valence-corrected chi connectivity index (χ0v) is 33.0. The fourth-order valence-corrected chi connectivity index (χ4v) is 24.8. The minimum Gasteiger partial charge on any atom is -0.125 e. The van der Waals surface area contributed by atoms with Crippen LogP contribution in [0.4, 0.5) is 0 Å². The molecule has 7 rings (SSSR count). The van der Waals surface area contributed by atoms with Crippen LogP contribution in [0.5, 0.6) is 0 Å². The molecule has 0 N–H and O–H groups in total. The first-order valence-electron chi connectivity index (χ1n) is 19.4. The van der Waals surface area contributed by atoms with Crippen molar-refractivity contribution in [2.75, 3.05) is 0 Å². The van der Waals surface area contributed by atoms with Crippen LogP contribution in [0.25, 0.3) is 43.1 Å². The lowest BCUT2D eigenvalue weighted by molar-refractivity contribution is 0.762. The van der Waals surface area contributed by atoms with Gasteiger partial charge in [0, 0.05) is 5.56 Å². The molecule has 0 unspecified atom stereocenters. The summed E-state index contributed by atoms with van der Waals surface area (Å²) >= 11 is 0. The second kappa shape index (κ2) is 13.1. The van der Waals surface area contributed by atoms with E-state index in [1.165, 1.54) is 100 Å². The summed E-state index contributed by atoms with van der Waals surface area (Å²) in [5.74, 6) is 4.17. The average Bonchev–Trinajstić information content (AvgIpc) is 3.80. The van der Waals surface area contributed by atoms with Gasteiger partial charge in [-0.05, 0) is 106 Å². The Bertz CT molecular complexity index is 1910. The van der Waals surface area contributed by atoms with Crippen LogP contribution < -0.4 is 5.19 Å². The molecule has 2 saturated carbocycles. The Kier molecular flexibility index (Phi) is 9.18. The molecule has 0 aliphatic heterocycles. The molecular formula is C46H58Si2. The highest BCUT2D eigenvalue weighted by Crippen LogP contribution is 2.52. The van der Waals surface area contributed by atoms with Gasteiger partial charge in [-0.25, -0.2) is 0 Å². The van der Waals surface area contributed by atoms with Crippen molar-refractivity contribution in [3.63, 3.8) is 0 Å². The fraction of sp³-hybridized carbons (Fsp3) is 0.478. The highest BCUT2D eigenvalue weighted by Gasteiger charge is 2.51. The third-order valence-electron chi connectivity index (χ3n) is 13.6. The molecule has 2 aliphatic rings. The molecule has 0 atom stereocenters. The van der Waals surface area contributed by atoms with Crippen molar-refractivity contribution in [2.24, 2.45) is 0 Å². The smallest absolute Gasteiger partial charge is 0.125 e. The highest BCUT2D eigenvalue weighted by atomic mass is 28.3. The van der Waals surface area contributed by atoms with Gasteiger partial charge in [0.25, 0.3) is 0 Å². The Morgan fingerprint density at radius 2 is 0.875 bits per heavy atom. The van der Waals surface area contributed by atoms with Gasteiger partial charge in [0.2, 0.25) is 0 Å². The molecule has 0 radical (unpaired) electrons. The molecule has 250 valence electrons. The molecule has 2 aliphatic carbocycles. The second-order valence-corrected chi connectivity index (χ2v) is 27.7. The van der Waals surface area contributed by atoms with E-state index in [-0.39, 0.29) is 0 Å². The Morgan fingerprint density at radius 1 is 0.500 bits per heavy atom. The topological polar surface area (TPSA) is 0 Å². The van der Waals surface area contributed by atoms with Crippen LogP contribution in [-0.2, 0) is 0 Å². The zero-order chi connectivity index (χ0) is 33.8. The van der Waals surface area contributed by atoms with Gasteiger partial charge in [0.05, 0.1) is 8.07 Å². The van der Waals surface area contributed by atoms with E-state index in [0.717, 1.165) is 11.1 Å². The number of benzene rings is 5. The molecule has 0 bridgehead atoms. The molecule has 0 amide bonds. The first-order valence-corrected chi connectivity index (χ1v) is 23.9. The monoisotopic (exact) mass is 666 g/mol. The number of rotatable bonds is 7. The second-order valence-electron chi connectivity index (χ2n) is 16.9. The molecule has 0 aromatic heterocycles. The number of hydrogen-bond donors (Lipinski definition) is 0. The quantitative estimate of drug-likeness (QED) is 0.0921. The normalized spacial score (nSPS) is 16.9. The van der Waals surface area contributed by atoms with Gasteiger partial charge in [0.1, 0.15) is 8.07 Å². The molecule has 0 heterocycles. The summed E-state index contributed by atoms with van der Waals surface area (Å²) in [6, 6.07) is 28.5. The predicted molar refractivity (Wildman–Crippen MR) is 219 cm³/mol. The van der Waals surface area contributed by atoms with Crippen molar-refractivity contribution in [2.45, 2.75) is 140 Å². The van der Waals surface area contributed by atoms with E-state index in [2.05, 4.69) is 140 Å². The summed E-state index contributed by atoms with van der Waals surface area (Å²) in [6.07, 6.45) is 11.1. The van der Waals surface area contributed by atoms with Gasteiger partial charge in [-0.15, -0.1) is 5.54 Å². The van der Waals surface area contributed by atoms with Gasteiger partial charge in [0.15, 0.2) is 0 Å². The molecule has 5 aromatic rings. The van der Waals surface area contributed by atoms with Gasteiger partial charge in [-0.1, -0.05) is 161 Å². The maximum Gasteiger partial charge on any atom is 0.147 e. The molecule has 2 fully saturated rings. The Morgan fingerprint density at radius 3 is 1.25 bits per heavy atom. The standard InChI is InChI=1S/C46H58Si2/c1-31(2)47(32(3)4,39-21-13-14-22-39)26-25-41-42-27-35-17-9-11-19-37(35)29-44(42)46(45-30-38-20-12-10-18-36(38)28-43(41)45)48(33(5)6,34(7)8)40-23-15-16-24-40/h9-12,17-20,27-34,39-40H,13-16,21-24H2,1-8H3. The highest BCUT2D eigenvalue weighted by molar-refractivity contribution is 6.98. The van der Waals surface area contributed by atoms with Crippen molar-refractivity contribution in [1.82, 2.24) is 0 Å². The SMILES string of the molecule is CC(C)[Si](C#Cc1c2cc3ccccc3cc2c([Si](C(C)C)(C(C)C)C2CCCC2)c2cc3ccccc3cc12)(C(C)C)C1CCCC1. The Labute approximate surface area is 293 Å².